The normalized spacial score (nSPS) is 17.7. The monoisotopic (exact) mass is 350 g/mol. The first-order valence-electron chi connectivity index (χ1n) is 7.82. The molecule has 1 N–H and O–H groups in total. The molecule has 3 rings (SSSR count). The molecule has 2 aromatic rings. The fourth-order valence-electron chi connectivity index (χ4n) is 3.64. The minimum Gasteiger partial charge on any atom is -0.352 e. The van der Waals surface area contributed by atoms with Crippen LogP contribution in [0.3, 0.4) is 0 Å². The number of nitrogens with zero attached hydrogens (tertiary/aromatic N) is 3. The summed E-state index contributed by atoms with van der Waals surface area (Å²) < 4.78 is 2.83. The molecule has 114 valence electrons. The van der Waals surface area contributed by atoms with E-state index in [4.69, 9.17) is 0 Å². The molecule has 2 aromatic heterocycles. The topological polar surface area (TPSA) is 42.2 Å². The van der Waals surface area contributed by atoms with E-state index in [1.807, 2.05) is 22.8 Å². The van der Waals surface area contributed by atoms with E-state index >= 15 is 0 Å². The highest BCUT2D eigenvalue weighted by Gasteiger charge is 2.34. The summed E-state index contributed by atoms with van der Waals surface area (Å²) in [6.45, 7) is 5.63. The van der Waals surface area contributed by atoms with Gasteiger partial charge in [-0.2, -0.15) is 4.98 Å². The molecule has 0 spiro atoms. The predicted octanol–water partition coefficient (Wildman–Crippen LogP) is 4.51. The van der Waals surface area contributed by atoms with Crippen LogP contribution in [0.1, 0.15) is 46.0 Å². The molecule has 0 bridgehead atoms. The number of nitrogens with one attached hydrogen (secondary N) is 1. The first-order valence-corrected chi connectivity index (χ1v) is 8.61. The van der Waals surface area contributed by atoms with Crippen LogP contribution in [0.15, 0.2) is 22.8 Å². The number of hydrogen-bond acceptors (Lipinski definition) is 3. The molecule has 1 aliphatic carbocycles. The van der Waals surface area contributed by atoms with Crippen molar-refractivity contribution in [2.75, 3.05) is 11.9 Å². The summed E-state index contributed by atoms with van der Waals surface area (Å²) in [5.74, 6) is 1.48. The van der Waals surface area contributed by atoms with Crippen molar-refractivity contribution < 1.29 is 0 Å². The van der Waals surface area contributed by atoms with Gasteiger partial charge in [0.05, 0.1) is 0 Å². The Morgan fingerprint density at radius 2 is 2.10 bits per heavy atom. The summed E-state index contributed by atoms with van der Waals surface area (Å²) in [6, 6.07) is 3.97. The maximum atomic E-state index is 4.54. The van der Waals surface area contributed by atoms with Gasteiger partial charge in [0.15, 0.2) is 5.65 Å². The van der Waals surface area contributed by atoms with Crippen LogP contribution in [0, 0.1) is 11.3 Å². The van der Waals surface area contributed by atoms with Gasteiger partial charge < -0.3 is 5.32 Å². The zero-order valence-electron chi connectivity index (χ0n) is 12.8. The Hall–Kier alpha value is -1.10. The van der Waals surface area contributed by atoms with Gasteiger partial charge in [0.2, 0.25) is 5.95 Å². The molecule has 1 aliphatic rings. The van der Waals surface area contributed by atoms with E-state index in [0.29, 0.717) is 5.41 Å². The SMILES string of the molecule is CC(C)CC1(CNc2nc3ccc(Br)cn3n2)CCCC1. The number of rotatable bonds is 5. The molecular weight excluding hydrogens is 328 g/mol. The predicted molar refractivity (Wildman–Crippen MR) is 89.5 cm³/mol. The van der Waals surface area contributed by atoms with Crippen LogP contribution in [0.4, 0.5) is 5.95 Å². The summed E-state index contributed by atoms with van der Waals surface area (Å²) in [5.41, 5.74) is 1.32. The summed E-state index contributed by atoms with van der Waals surface area (Å²) in [7, 11) is 0. The number of hydrogen-bond donors (Lipinski definition) is 1. The maximum absolute atomic E-state index is 4.54. The van der Waals surface area contributed by atoms with E-state index in [-0.39, 0.29) is 0 Å². The Balaban J connectivity index is 1.72. The second-order valence-electron chi connectivity index (χ2n) is 6.74. The fourth-order valence-corrected chi connectivity index (χ4v) is 3.97. The summed E-state index contributed by atoms with van der Waals surface area (Å²) in [6.07, 6.45) is 8.61. The van der Waals surface area contributed by atoms with Gasteiger partial charge in [0, 0.05) is 17.2 Å². The Morgan fingerprint density at radius 1 is 1.33 bits per heavy atom. The highest BCUT2D eigenvalue weighted by atomic mass is 79.9. The molecule has 0 aliphatic heterocycles. The second kappa shape index (κ2) is 5.95. The van der Waals surface area contributed by atoms with E-state index in [9.17, 15) is 0 Å². The standard InChI is InChI=1S/C16H23BrN4/c1-12(2)9-16(7-3-4-8-16)11-18-15-19-14-6-5-13(17)10-21(14)20-15/h5-6,10,12H,3-4,7-9,11H2,1-2H3,(H,18,20). The lowest BCUT2D eigenvalue weighted by atomic mass is 9.78. The van der Waals surface area contributed by atoms with Crippen LogP contribution in [0.2, 0.25) is 0 Å². The molecule has 0 atom stereocenters. The van der Waals surface area contributed by atoms with E-state index < -0.39 is 0 Å². The summed E-state index contributed by atoms with van der Waals surface area (Å²) in [5, 5.41) is 7.99. The number of pyridine rings is 1. The molecule has 4 nitrogen and oxygen atoms in total. The Morgan fingerprint density at radius 3 is 2.81 bits per heavy atom. The third-order valence-corrected chi connectivity index (χ3v) is 4.89. The van der Waals surface area contributed by atoms with E-state index in [1.165, 1.54) is 32.1 Å². The number of fused-ring (bicyclic) bond motifs is 1. The first kappa shape index (κ1) is 14.8. The second-order valence-corrected chi connectivity index (χ2v) is 7.66. The van der Waals surface area contributed by atoms with Crippen molar-refractivity contribution in [1.29, 1.82) is 0 Å². The van der Waals surface area contributed by atoms with Gasteiger partial charge in [-0.25, -0.2) is 4.52 Å². The Labute approximate surface area is 134 Å². The van der Waals surface area contributed by atoms with Crippen molar-refractivity contribution in [3.05, 3.63) is 22.8 Å². The third-order valence-electron chi connectivity index (χ3n) is 4.42. The van der Waals surface area contributed by atoms with Gasteiger partial charge >= 0.3 is 0 Å². The Kier molecular flexibility index (Phi) is 4.20. The zero-order valence-corrected chi connectivity index (χ0v) is 14.4. The van der Waals surface area contributed by atoms with Crippen LogP contribution >= 0.6 is 15.9 Å². The molecule has 1 fully saturated rings. The molecular formula is C16H23BrN4. The first-order chi connectivity index (χ1) is 10.1. The molecule has 5 heteroatoms. The number of anilines is 1. The van der Waals surface area contributed by atoms with Crippen molar-refractivity contribution in [3.8, 4) is 0 Å². The summed E-state index contributed by atoms with van der Waals surface area (Å²) in [4.78, 5) is 4.54. The van der Waals surface area contributed by atoms with Crippen molar-refractivity contribution >= 4 is 27.5 Å². The molecule has 21 heavy (non-hydrogen) atoms. The van der Waals surface area contributed by atoms with E-state index in [1.54, 1.807) is 0 Å². The molecule has 0 aromatic carbocycles. The van der Waals surface area contributed by atoms with Crippen LogP contribution < -0.4 is 5.32 Å². The minimum absolute atomic E-state index is 0.437. The van der Waals surface area contributed by atoms with Crippen LogP contribution in [-0.4, -0.2) is 21.1 Å². The molecule has 0 saturated heterocycles. The molecule has 2 heterocycles. The van der Waals surface area contributed by atoms with Crippen molar-refractivity contribution in [2.24, 2.45) is 11.3 Å². The van der Waals surface area contributed by atoms with E-state index in [0.717, 1.165) is 28.5 Å². The van der Waals surface area contributed by atoms with Gasteiger partial charge in [0.1, 0.15) is 0 Å². The molecule has 0 amide bonds. The average Bonchev–Trinajstić information content (AvgIpc) is 3.02. The lowest BCUT2D eigenvalue weighted by Gasteiger charge is -2.30. The lowest BCUT2D eigenvalue weighted by molar-refractivity contribution is 0.252. The highest BCUT2D eigenvalue weighted by molar-refractivity contribution is 9.10. The summed E-state index contributed by atoms with van der Waals surface area (Å²) >= 11 is 3.46. The van der Waals surface area contributed by atoms with Gasteiger partial charge in [-0.05, 0) is 58.7 Å². The van der Waals surface area contributed by atoms with Gasteiger partial charge in [-0.3, -0.25) is 0 Å². The van der Waals surface area contributed by atoms with E-state index in [2.05, 4.69) is 45.2 Å². The highest BCUT2D eigenvalue weighted by Crippen LogP contribution is 2.43. The van der Waals surface area contributed by atoms with Crippen LogP contribution in [0.5, 0.6) is 0 Å². The zero-order chi connectivity index (χ0) is 14.9. The van der Waals surface area contributed by atoms with Crippen LogP contribution in [-0.2, 0) is 0 Å². The fraction of sp³-hybridized carbons (Fsp3) is 0.625. The Bertz CT molecular complexity index is 614. The van der Waals surface area contributed by atoms with Crippen LogP contribution in [0.25, 0.3) is 5.65 Å². The lowest BCUT2D eigenvalue weighted by Crippen LogP contribution is -2.28. The van der Waals surface area contributed by atoms with Gasteiger partial charge in [0.25, 0.3) is 0 Å². The molecule has 0 unspecified atom stereocenters. The molecule has 0 radical (unpaired) electrons. The van der Waals surface area contributed by atoms with Crippen molar-refractivity contribution in [3.63, 3.8) is 0 Å². The maximum Gasteiger partial charge on any atom is 0.243 e. The van der Waals surface area contributed by atoms with Gasteiger partial charge in [-0.15, -0.1) is 5.10 Å². The quantitative estimate of drug-likeness (QED) is 0.862. The van der Waals surface area contributed by atoms with Crippen molar-refractivity contribution in [2.45, 2.75) is 46.0 Å². The van der Waals surface area contributed by atoms with Gasteiger partial charge in [-0.1, -0.05) is 26.7 Å². The third kappa shape index (κ3) is 3.39. The minimum atomic E-state index is 0.437. The molecule has 1 saturated carbocycles. The number of halogens is 1. The number of aromatic nitrogens is 3. The largest absolute Gasteiger partial charge is 0.352 e. The van der Waals surface area contributed by atoms with Crippen molar-refractivity contribution in [1.82, 2.24) is 14.6 Å². The smallest absolute Gasteiger partial charge is 0.243 e. The average molecular weight is 351 g/mol.